The molecule has 2 aliphatic rings. The summed E-state index contributed by atoms with van der Waals surface area (Å²) in [4.78, 5) is 29.4. The van der Waals surface area contributed by atoms with Crippen LogP contribution in [0.5, 0.6) is 0 Å². The van der Waals surface area contributed by atoms with Gasteiger partial charge in [0.25, 0.3) is 5.91 Å². The molecule has 1 saturated carbocycles. The van der Waals surface area contributed by atoms with Crippen LogP contribution < -0.4 is 0 Å². The number of halogens is 3. The second-order valence-corrected chi connectivity index (χ2v) is 8.28. The third-order valence-electron chi connectivity index (χ3n) is 6.30. The van der Waals surface area contributed by atoms with Crippen molar-refractivity contribution < 1.29 is 27.3 Å². The molecular weight excluding hydrogens is 411 g/mol. The predicted molar refractivity (Wildman–Crippen MR) is 105 cm³/mol. The first-order valence-corrected chi connectivity index (χ1v) is 10.4. The van der Waals surface area contributed by atoms with Crippen molar-refractivity contribution in [3.63, 3.8) is 0 Å². The van der Waals surface area contributed by atoms with E-state index in [1.54, 1.807) is 28.9 Å². The highest BCUT2D eigenvalue weighted by Gasteiger charge is 2.46. The first kappa shape index (κ1) is 21.4. The molecule has 1 aliphatic heterocycles. The number of amides is 2. The molecule has 1 aromatic heterocycles. The molecule has 31 heavy (non-hydrogen) atoms. The van der Waals surface area contributed by atoms with Gasteiger partial charge in [0.05, 0.1) is 16.7 Å². The van der Waals surface area contributed by atoms with Crippen LogP contribution in [0.1, 0.15) is 53.1 Å². The highest BCUT2D eigenvalue weighted by Crippen LogP contribution is 2.44. The number of carbonyl (C=O) groups is 2. The molecule has 9 heteroatoms. The summed E-state index contributed by atoms with van der Waals surface area (Å²) in [6, 6.07) is 6.73. The Morgan fingerprint density at radius 3 is 2.26 bits per heavy atom. The zero-order valence-electron chi connectivity index (χ0n) is 17.2. The van der Waals surface area contributed by atoms with Crippen LogP contribution in [-0.4, -0.2) is 52.9 Å². The minimum atomic E-state index is -4.45. The van der Waals surface area contributed by atoms with Crippen LogP contribution in [0.15, 0.2) is 34.9 Å². The molecule has 4 rings (SSSR count). The van der Waals surface area contributed by atoms with Crippen molar-refractivity contribution in [3.8, 4) is 0 Å². The highest BCUT2D eigenvalue weighted by atomic mass is 19.4. The molecule has 2 heterocycles. The smallest absolute Gasteiger partial charge is 0.351 e. The zero-order valence-corrected chi connectivity index (χ0v) is 17.2. The van der Waals surface area contributed by atoms with E-state index in [2.05, 4.69) is 5.16 Å². The number of rotatable bonds is 3. The fourth-order valence-electron chi connectivity index (χ4n) is 4.63. The lowest BCUT2D eigenvalue weighted by Crippen LogP contribution is -2.55. The molecule has 2 amide bonds. The van der Waals surface area contributed by atoms with Crippen molar-refractivity contribution in [2.24, 2.45) is 0 Å². The largest absolute Gasteiger partial charge is 0.416 e. The Bertz CT molecular complexity index is 972. The second-order valence-electron chi connectivity index (χ2n) is 8.28. The van der Waals surface area contributed by atoms with Gasteiger partial charge in [-0.15, -0.1) is 0 Å². The van der Waals surface area contributed by atoms with Crippen LogP contribution in [0.25, 0.3) is 0 Å². The summed E-state index contributed by atoms with van der Waals surface area (Å²) in [5.41, 5.74) is -0.626. The molecule has 2 fully saturated rings. The Morgan fingerprint density at radius 2 is 1.68 bits per heavy atom. The number of nitrogens with zero attached hydrogens (tertiary/aromatic N) is 3. The molecule has 1 aromatic carbocycles. The fourth-order valence-corrected chi connectivity index (χ4v) is 4.63. The van der Waals surface area contributed by atoms with Gasteiger partial charge in [-0.25, -0.2) is 0 Å². The summed E-state index contributed by atoms with van der Waals surface area (Å²) in [7, 11) is 0. The highest BCUT2D eigenvalue weighted by molar-refractivity contribution is 5.92. The van der Waals surface area contributed by atoms with Crippen LogP contribution in [0.3, 0.4) is 0 Å². The molecule has 166 valence electrons. The van der Waals surface area contributed by atoms with Gasteiger partial charge in [-0.05, 0) is 31.4 Å². The Kier molecular flexibility index (Phi) is 5.53. The average Bonchev–Trinajstić information content (AvgIpc) is 3.42. The van der Waals surface area contributed by atoms with Crippen molar-refractivity contribution in [3.05, 3.63) is 52.9 Å². The number of alkyl halides is 3. The Morgan fingerprint density at radius 1 is 1.03 bits per heavy atom. The molecule has 0 unspecified atom stereocenters. The normalized spacial score (nSPS) is 19.0. The molecular formula is C22H24F3N3O3. The molecule has 0 bridgehead atoms. The van der Waals surface area contributed by atoms with Gasteiger partial charge in [0.1, 0.15) is 0 Å². The van der Waals surface area contributed by atoms with Crippen molar-refractivity contribution >= 4 is 11.8 Å². The maximum atomic E-state index is 13.5. The SMILES string of the molecule is Cc1cc(C(=O)N2CCN(C(=O)C3(c4cccc(C(F)(F)F)c4)CCCC3)CC2)on1. The van der Waals surface area contributed by atoms with Crippen LogP contribution in [-0.2, 0) is 16.4 Å². The molecule has 0 N–H and O–H groups in total. The maximum absolute atomic E-state index is 13.5. The average molecular weight is 435 g/mol. The van der Waals surface area contributed by atoms with Gasteiger partial charge in [-0.2, -0.15) is 13.2 Å². The predicted octanol–water partition coefficient (Wildman–Crippen LogP) is 3.80. The summed E-state index contributed by atoms with van der Waals surface area (Å²) in [6.07, 6.45) is -1.80. The topological polar surface area (TPSA) is 66.7 Å². The van der Waals surface area contributed by atoms with E-state index in [-0.39, 0.29) is 17.6 Å². The van der Waals surface area contributed by atoms with Crippen LogP contribution >= 0.6 is 0 Å². The third-order valence-corrected chi connectivity index (χ3v) is 6.30. The molecule has 0 spiro atoms. The van der Waals surface area contributed by atoms with E-state index < -0.39 is 17.2 Å². The molecule has 1 aliphatic carbocycles. The molecule has 2 aromatic rings. The summed E-state index contributed by atoms with van der Waals surface area (Å²) in [6.45, 7) is 3.06. The van der Waals surface area contributed by atoms with E-state index in [1.165, 1.54) is 6.07 Å². The first-order chi connectivity index (χ1) is 14.7. The van der Waals surface area contributed by atoms with Crippen molar-refractivity contribution in [2.75, 3.05) is 26.2 Å². The molecule has 1 saturated heterocycles. The number of carbonyl (C=O) groups excluding carboxylic acids is 2. The van der Waals surface area contributed by atoms with Gasteiger partial charge >= 0.3 is 6.18 Å². The lowest BCUT2D eigenvalue weighted by molar-refractivity contribution is -0.140. The van der Waals surface area contributed by atoms with Gasteiger partial charge in [-0.3, -0.25) is 9.59 Å². The van der Waals surface area contributed by atoms with E-state index in [0.29, 0.717) is 50.3 Å². The Balaban J connectivity index is 1.51. The second kappa shape index (κ2) is 8.01. The van der Waals surface area contributed by atoms with E-state index in [0.717, 1.165) is 25.0 Å². The van der Waals surface area contributed by atoms with Gasteiger partial charge in [0.2, 0.25) is 11.7 Å². The Hall–Kier alpha value is -2.84. The Labute approximate surface area is 178 Å². The zero-order chi connectivity index (χ0) is 22.2. The van der Waals surface area contributed by atoms with Crippen molar-refractivity contribution in [1.82, 2.24) is 15.0 Å². The van der Waals surface area contributed by atoms with Gasteiger partial charge < -0.3 is 14.3 Å². The molecule has 0 radical (unpaired) electrons. The number of benzene rings is 1. The van der Waals surface area contributed by atoms with Gasteiger partial charge in [-0.1, -0.05) is 36.2 Å². The maximum Gasteiger partial charge on any atom is 0.416 e. The molecule has 6 nitrogen and oxygen atoms in total. The van der Waals surface area contributed by atoms with Crippen LogP contribution in [0.2, 0.25) is 0 Å². The number of aromatic nitrogens is 1. The first-order valence-electron chi connectivity index (χ1n) is 10.4. The third kappa shape index (κ3) is 4.05. The number of hydrogen-bond donors (Lipinski definition) is 0. The fraction of sp³-hybridized carbons (Fsp3) is 0.500. The molecule has 0 atom stereocenters. The van der Waals surface area contributed by atoms with E-state index in [9.17, 15) is 22.8 Å². The van der Waals surface area contributed by atoms with Gasteiger partial charge in [0, 0.05) is 32.2 Å². The monoisotopic (exact) mass is 435 g/mol. The number of aryl methyl sites for hydroxylation is 1. The standard InChI is InChI=1S/C22H24F3N3O3/c1-15-13-18(31-26-15)19(29)27-9-11-28(12-10-27)20(30)21(7-2-3-8-21)16-5-4-6-17(14-16)22(23,24)25/h4-6,13-14H,2-3,7-12H2,1H3. The summed E-state index contributed by atoms with van der Waals surface area (Å²) in [5.74, 6) is -0.262. The summed E-state index contributed by atoms with van der Waals surface area (Å²) in [5, 5.41) is 3.73. The van der Waals surface area contributed by atoms with Gasteiger partial charge in [0.15, 0.2) is 0 Å². The van der Waals surface area contributed by atoms with Crippen molar-refractivity contribution in [1.29, 1.82) is 0 Å². The lowest BCUT2D eigenvalue weighted by atomic mass is 9.76. The van der Waals surface area contributed by atoms with Crippen LogP contribution in [0, 0.1) is 6.92 Å². The minimum absolute atomic E-state index is 0.146. The lowest BCUT2D eigenvalue weighted by Gasteiger charge is -2.40. The number of hydrogen-bond acceptors (Lipinski definition) is 4. The van der Waals surface area contributed by atoms with E-state index in [1.807, 2.05) is 0 Å². The quantitative estimate of drug-likeness (QED) is 0.736. The van der Waals surface area contributed by atoms with Crippen LogP contribution in [0.4, 0.5) is 13.2 Å². The van der Waals surface area contributed by atoms with E-state index in [4.69, 9.17) is 4.52 Å². The number of piperazine rings is 1. The van der Waals surface area contributed by atoms with E-state index >= 15 is 0 Å². The minimum Gasteiger partial charge on any atom is -0.351 e. The van der Waals surface area contributed by atoms with Crippen molar-refractivity contribution in [2.45, 2.75) is 44.2 Å². The summed E-state index contributed by atoms with van der Waals surface area (Å²) < 4.78 is 44.8. The summed E-state index contributed by atoms with van der Waals surface area (Å²) >= 11 is 0.